The minimum absolute atomic E-state index is 0. The Bertz CT molecular complexity index is 258. The maximum absolute atomic E-state index is 11.5. The van der Waals surface area contributed by atoms with Crippen molar-refractivity contribution in [2.45, 2.75) is 39.2 Å². The number of hydrogen-bond donors (Lipinski definition) is 2. The molecule has 0 aliphatic heterocycles. The molecule has 0 heterocycles. The Hall–Kier alpha value is -0.810. The van der Waals surface area contributed by atoms with Gasteiger partial charge in [0.05, 0.1) is 6.04 Å². The van der Waals surface area contributed by atoms with Gasteiger partial charge >= 0.3 is 0 Å². The number of amides is 2. The summed E-state index contributed by atoms with van der Waals surface area (Å²) in [5, 5.41) is 2.75. The normalized spacial score (nSPS) is 11.7. The lowest BCUT2D eigenvalue weighted by atomic mass is 10.0. The molecule has 18 heavy (non-hydrogen) atoms. The summed E-state index contributed by atoms with van der Waals surface area (Å²) >= 11 is 0. The van der Waals surface area contributed by atoms with Crippen LogP contribution in [0.4, 0.5) is 0 Å². The highest BCUT2D eigenvalue weighted by Gasteiger charge is 2.14. The van der Waals surface area contributed by atoms with E-state index in [1.807, 2.05) is 13.8 Å². The number of nitrogens with one attached hydrogen (secondary N) is 1. The summed E-state index contributed by atoms with van der Waals surface area (Å²) in [7, 11) is 3.44. The molecule has 0 aliphatic rings. The second-order valence-corrected chi connectivity index (χ2v) is 4.92. The molecule has 0 unspecified atom stereocenters. The van der Waals surface area contributed by atoms with E-state index in [0.717, 1.165) is 0 Å². The Morgan fingerprint density at radius 3 is 2.28 bits per heavy atom. The highest BCUT2D eigenvalue weighted by atomic mass is 35.5. The Morgan fingerprint density at radius 1 is 1.28 bits per heavy atom. The highest BCUT2D eigenvalue weighted by molar-refractivity contribution is 5.85. The van der Waals surface area contributed by atoms with Crippen molar-refractivity contribution in [3.63, 3.8) is 0 Å². The zero-order chi connectivity index (χ0) is 13.4. The molecule has 0 bridgehead atoms. The number of halogens is 1. The van der Waals surface area contributed by atoms with Crippen LogP contribution in [0.2, 0.25) is 0 Å². The number of rotatable bonds is 7. The molecule has 0 fully saturated rings. The highest BCUT2D eigenvalue weighted by Crippen LogP contribution is 2.02. The lowest BCUT2D eigenvalue weighted by molar-refractivity contribution is -0.129. The number of carbonyl (C=O) groups is 2. The second kappa shape index (κ2) is 10.1. The van der Waals surface area contributed by atoms with Gasteiger partial charge in [0.1, 0.15) is 0 Å². The summed E-state index contributed by atoms with van der Waals surface area (Å²) in [6.45, 7) is 4.57. The molecule has 6 heteroatoms. The van der Waals surface area contributed by atoms with E-state index in [9.17, 15) is 9.59 Å². The zero-order valence-corrected chi connectivity index (χ0v) is 12.5. The van der Waals surface area contributed by atoms with E-state index in [4.69, 9.17) is 5.73 Å². The minimum Gasteiger partial charge on any atom is -0.355 e. The van der Waals surface area contributed by atoms with Crippen LogP contribution in [0.25, 0.3) is 0 Å². The molecular formula is C12H26ClN3O2. The van der Waals surface area contributed by atoms with Crippen molar-refractivity contribution >= 4 is 24.2 Å². The third-order valence-electron chi connectivity index (χ3n) is 2.43. The Labute approximate surface area is 116 Å². The lowest BCUT2D eigenvalue weighted by Crippen LogP contribution is -2.41. The summed E-state index contributed by atoms with van der Waals surface area (Å²) in [6, 6.07) is -0.445. The first kappa shape index (κ1) is 19.5. The van der Waals surface area contributed by atoms with E-state index in [0.29, 0.717) is 31.7 Å². The monoisotopic (exact) mass is 279 g/mol. The van der Waals surface area contributed by atoms with Crippen molar-refractivity contribution in [3.8, 4) is 0 Å². The van der Waals surface area contributed by atoms with Crippen LogP contribution in [0.3, 0.4) is 0 Å². The lowest BCUT2D eigenvalue weighted by Gasteiger charge is -2.14. The fourth-order valence-corrected chi connectivity index (χ4v) is 1.42. The largest absolute Gasteiger partial charge is 0.355 e. The van der Waals surface area contributed by atoms with Crippen LogP contribution >= 0.6 is 12.4 Å². The Balaban J connectivity index is 0. The SMILES string of the molecule is CC(C)C[C@H](N)C(=O)NCCCC(=O)N(C)C.Cl. The summed E-state index contributed by atoms with van der Waals surface area (Å²) in [4.78, 5) is 24.3. The van der Waals surface area contributed by atoms with E-state index in [2.05, 4.69) is 5.32 Å². The third-order valence-corrected chi connectivity index (χ3v) is 2.43. The molecule has 2 amide bonds. The Morgan fingerprint density at radius 2 is 1.83 bits per heavy atom. The molecule has 3 N–H and O–H groups in total. The van der Waals surface area contributed by atoms with Gasteiger partial charge in [-0.2, -0.15) is 0 Å². The summed E-state index contributed by atoms with van der Waals surface area (Å²) < 4.78 is 0. The maximum Gasteiger partial charge on any atom is 0.236 e. The van der Waals surface area contributed by atoms with Gasteiger partial charge in [0.25, 0.3) is 0 Å². The van der Waals surface area contributed by atoms with Crippen molar-refractivity contribution in [1.82, 2.24) is 10.2 Å². The molecule has 0 rings (SSSR count). The van der Waals surface area contributed by atoms with E-state index >= 15 is 0 Å². The van der Waals surface area contributed by atoms with Gasteiger partial charge in [-0.15, -0.1) is 12.4 Å². The number of hydrogen-bond acceptors (Lipinski definition) is 3. The Kier molecular flexibility index (Phi) is 11.0. The quantitative estimate of drug-likeness (QED) is 0.676. The molecule has 0 aromatic heterocycles. The molecular weight excluding hydrogens is 254 g/mol. The van der Waals surface area contributed by atoms with Crippen molar-refractivity contribution in [1.29, 1.82) is 0 Å². The number of nitrogens with two attached hydrogens (primary N) is 1. The van der Waals surface area contributed by atoms with Crippen LogP contribution in [0.15, 0.2) is 0 Å². The predicted octanol–water partition coefficient (Wildman–Crippen LogP) is 0.766. The van der Waals surface area contributed by atoms with Gasteiger partial charge in [-0.25, -0.2) is 0 Å². The standard InChI is InChI=1S/C12H25N3O2.ClH/c1-9(2)8-10(13)12(17)14-7-5-6-11(16)15(3)4;/h9-10H,5-8,13H2,1-4H3,(H,14,17);1H/t10-;/m0./s1. The van der Waals surface area contributed by atoms with Crippen LogP contribution in [0, 0.1) is 5.92 Å². The number of carbonyl (C=O) groups excluding carboxylic acids is 2. The average Bonchev–Trinajstić information content (AvgIpc) is 2.22. The van der Waals surface area contributed by atoms with Crippen LogP contribution in [0.5, 0.6) is 0 Å². The topological polar surface area (TPSA) is 75.4 Å². The molecule has 0 aromatic rings. The van der Waals surface area contributed by atoms with E-state index in [-0.39, 0.29) is 24.2 Å². The van der Waals surface area contributed by atoms with E-state index in [1.54, 1.807) is 19.0 Å². The van der Waals surface area contributed by atoms with Gasteiger partial charge in [-0.05, 0) is 18.8 Å². The average molecular weight is 280 g/mol. The first-order chi connectivity index (χ1) is 7.84. The van der Waals surface area contributed by atoms with Gasteiger partial charge < -0.3 is 16.0 Å². The first-order valence-corrected chi connectivity index (χ1v) is 6.08. The van der Waals surface area contributed by atoms with Gasteiger partial charge in [0.2, 0.25) is 11.8 Å². The van der Waals surface area contributed by atoms with Crippen LogP contribution < -0.4 is 11.1 Å². The predicted molar refractivity (Wildman–Crippen MR) is 75.6 cm³/mol. The molecule has 108 valence electrons. The fourth-order valence-electron chi connectivity index (χ4n) is 1.42. The summed E-state index contributed by atoms with van der Waals surface area (Å²) in [6.07, 6.45) is 1.78. The van der Waals surface area contributed by atoms with Crippen LogP contribution in [-0.4, -0.2) is 43.4 Å². The van der Waals surface area contributed by atoms with Crippen LogP contribution in [-0.2, 0) is 9.59 Å². The van der Waals surface area contributed by atoms with Gasteiger partial charge in [-0.1, -0.05) is 13.8 Å². The van der Waals surface area contributed by atoms with Crippen LogP contribution in [0.1, 0.15) is 33.1 Å². The van der Waals surface area contributed by atoms with Gasteiger partial charge in [0.15, 0.2) is 0 Å². The molecule has 1 atom stereocenters. The molecule has 0 saturated heterocycles. The van der Waals surface area contributed by atoms with Gasteiger partial charge in [-0.3, -0.25) is 9.59 Å². The van der Waals surface area contributed by atoms with Crippen molar-refractivity contribution < 1.29 is 9.59 Å². The van der Waals surface area contributed by atoms with E-state index in [1.165, 1.54) is 0 Å². The maximum atomic E-state index is 11.5. The van der Waals surface area contributed by atoms with Crippen molar-refractivity contribution in [2.75, 3.05) is 20.6 Å². The number of nitrogens with zero attached hydrogens (tertiary/aromatic N) is 1. The molecule has 0 spiro atoms. The van der Waals surface area contributed by atoms with Gasteiger partial charge in [0, 0.05) is 27.1 Å². The first-order valence-electron chi connectivity index (χ1n) is 6.08. The third kappa shape index (κ3) is 9.24. The fraction of sp³-hybridized carbons (Fsp3) is 0.833. The zero-order valence-electron chi connectivity index (χ0n) is 11.7. The van der Waals surface area contributed by atoms with Crippen molar-refractivity contribution in [2.24, 2.45) is 11.7 Å². The molecule has 0 radical (unpaired) electrons. The van der Waals surface area contributed by atoms with E-state index < -0.39 is 6.04 Å². The molecule has 5 nitrogen and oxygen atoms in total. The molecule has 0 aromatic carbocycles. The molecule has 0 aliphatic carbocycles. The van der Waals surface area contributed by atoms with Crippen molar-refractivity contribution in [3.05, 3.63) is 0 Å². The summed E-state index contributed by atoms with van der Waals surface area (Å²) in [5.41, 5.74) is 5.72. The summed E-state index contributed by atoms with van der Waals surface area (Å²) in [5.74, 6) is 0.354. The smallest absolute Gasteiger partial charge is 0.236 e. The molecule has 0 saturated carbocycles. The minimum atomic E-state index is -0.445. The second-order valence-electron chi connectivity index (χ2n) is 4.92.